The van der Waals surface area contributed by atoms with Crippen LogP contribution in [0.4, 0.5) is 0 Å². The Balaban J connectivity index is 1.13. The molecule has 0 aromatic heterocycles. The molecule has 0 heterocycles. The third-order valence-corrected chi connectivity index (χ3v) is 9.96. The molecule has 1 aromatic rings. The number of hydrogen-bond acceptors (Lipinski definition) is 1. The van der Waals surface area contributed by atoms with Gasteiger partial charge in [0.1, 0.15) is 5.75 Å². The minimum atomic E-state index is 0.787. The molecule has 0 bridgehead atoms. The average Bonchev–Trinajstić information content (AvgIpc) is 2.89. The van der Waals surface area contributed by atoms with E-state index in [-0.39, 0.29) is 0 Å². The van der Waals surface area contributed by atoms with Gasteiger partial charge in [-0.25, -0.2) is 0 Å². The predicted molar refractivity (Wildman–Crippen MR) is 147 cm³/mol. The van der Waals surface area contributed by atoms with Gasteiger partial charge in [-0.15, -0.1) is 0 Å². The Morgan fingerprint density at radius 2 is 1.26 bits per heavy atom. The second-order valence-electron chi connectivity index (χ2n) is 12.4. The summed E-state index contributed by atoms with van der Waals surface area (Å²) in [7, 11) is 0. The fourth-order valence-corrected chi connectivity index (χ4v) is 7.75. The van der Waals surface area contributed by atoms with E-state index < -0.39 is 0 Å². The maximum atomic E-state index is 5.79. The van der Waals surface area contributed by atoms with Gasteiger partial charge in [-0.05, 0) is 91.7 Å². The van der Waals surface area contributed by atoms with Crippen LogP contribution in [0, 0.1) is 29.6 Å². The molecule has 3 aliphatic carbocycles. The Hall–Kier alpha value is -0.980. The molecular weight excluding hydrogens is 412 g/mol. The summed E-state index contributed by atoms with van der Waals surface area (Å²) in [6, 6.07) is 9.10. The van der Waals surface area contributed by atoms with Crippen molar-refractivity contribution in [1.29, 1.82) is 0 Å². The van der Waals surface area contributed by atoms with Crippen LogP contribution in [0.25, 0.3) is 0 Å². The quantitative estimate of drug-likeness (QED) is 0.278. The van der Waals surface area contributed by atoms with Crippen LogP contribution in [0.5, 0.6) is 5.75 Å². The van der Waals surface area contributed by atoms with E-state index in [1.165, 1.54) is 70.6 Å². The molecule has 3 saturated carbocycles. The maximum Gasteiger partial charge on any atom is 0.119 e. The summed E-state index contributed by atoms with van der Waals surface area (Å²) < 4.78 is 5.79. The standard InChI is InChI=1S/C33H54O/c1-3-5-6-7-8-26-9-11-27(12-10-26)13-14-28-15-16-32-25-31(18-17-30(32)24-28)29-19-21-33(22-20-29)34-23-4-2/h19-22,26-28,30-32H,3-18,23-25H2,1-2H3. The first kappa shape index (κ1) is 26.1. The van der Waals surface area contributed by atoms with Gasteiger partial charge in [0.15, 0.2) is 0 Å². The third-order valence-electron chi connectivity index (χ3n) is 9.96. The largest absolute Gasteiger partial charge is 0.494 e. The molecule has 3 aliphatic rings. The molecule has 1 nitrogen and oxygen atoms in total. The Bertz CT molecular complexity index is 670. The van der Waals surface area contributed by atoms with Crippen molar-refractivity contribution in [3.8, 4) is 5.75 Å². The van der Waals surface area contributed by atoms with E-state index >= 15 is 0 Å². The molecular formula is C33H54O. The topological polar surface area (TPSA) is 9.23 Å². The van der Waals surface area contributed by atoms with Crippen LogP contribution in [0.2, 0.25) is 0 Å². The Morgan fingerprint density at radius 1 is 0.618 bits per heavy atom. The van der Waals surface area contributed by atoms with Crippen molar-refractivity contribution in [3.05, 3.63) is 29.8 Å². The number of hydrogen-bond donors (Lipinski definition) is 0. The van der Waals surface area contributed by atoms with E-state index in [0.717, 1.165) is 54.3 Å². The summed E-state index contributed by atoms with van der Waals surface area (Å²) in [5.41, 5.74) is 1.56. The van der Waals surface area contributed by atoms with Crippen molar-refractivity contribution < 1.29 is 4.74 Å². The summed E-state index contributed by atoms with van der Waals surface area (Å²) in [6.45, 7) is 5.32. The van der Waals surface area contributed by atoms with Crippen LogP contribution in [-0.4, -0.2) is 6.61 Å². The van der Waals surface area contributed by atoms with Gasteiger partial charge in [-0.1, -0.05) is 103 Å². The average molecular weight is 467 g/mol. The molecule has 3 fully saturated rings. The van der Waals surface area contributed by atoms with Crippen LogP contribution in [0.1, 0.15) is 141 Å². The second kappa shape index (κ2) is 13.9. The van der Waals surface area contributed by atoms with E-state index in [2.05, 4.69) is 38.1 Å². The minimum absolute atomic E-state index is 0.787. The van der Waals surface area contributed by atoms with Crippen molar-refractivity contribution in [2.75, 3.05) is 6.61 Å². The zero-order valence-electron chi connectivity index (χ0n) is 22.6. The van der Waals surface area contributed by atoms with Gasteiger partial charge in [0, 0.05) is 0 Å². The van der Waals surface area contributed by atoms with Crippen LogP contribution in [0.3, 0.4) is 0 Å². The normalized spacial score (nSPS) is 31.7. The summed E-state index contributed by atoms with van der Waals surface area (Å²) >= 11 is 0. The van der Waals surface area contributed by atoms with E-state index in [0.29, 0.717) is 0 Å². The van der Waals surface area contributed by atoms with Crippen LogP contribution in [-0.2, 0) is 0 Å². The first-order valence-electron chi connectivity index (χ1n) is 15.5. The molecule has 0 spiro atoms. The van der Waals surface area contributed by atoms with Crippen molar-refractivity contribution in [2.24, 2.45) is 29.6 Å². The molecule has 0 aliphatic heterocycles. The molecule has 0 amide bonds. The Kier molecular flexibility index (Phi) is 10.7. The molecule has 4 rings (SSSR count). The summed E-state index contributed by atoms with van der Waals surface area (Å²) in [5, 5.41) is 0. The highest BCUT2D eigenvalue weighted by atomic mass is 16.5. The van der Waals surface area contributed by atoms with Crippen molar-refractivity contribution in [2.45, 2.75) is 135 Å². The lowest BCUT2D eigenvalue weighted by molar-refractivity contribution is 0.108. The monoisotopic (exact) mass is 466 g/mol. The Labute approximate surface area is 211 Å². The molecule has 0 N–H and O–H groups in total. The molecule has 1 heteroatoms. The molecule has 4 atom stereocenters. The number of unbranched alkanes of at least 4 members (excludes halogenated alkanes) is 3. The lowest BCUT2D eigenvalue weighted by atomic mass is 9.63. The molecule has 192 valence electrons. The van der Waals surface area contributed by atoms with Gasteiger partial charge in [0.2, 0.25) is 0 Å². The lowest BCUT2D eigenvalue weighted by Gasteiger charge is -2.43. The highest BCUT2D eigenvalue weighted by molar-refractivity contribution is 5.30. The second-order valence-corrected chi connectivity index (χ2v) is 12.4. The van der Waals surface area contributed by atoms with Gasteiger partial charge in [-0.2, -0.15) is 0 Å². The van der Waals surface area contributed by atoms with E-state index in [4.69, 9.17) is 4.74 Å². The van der Waals surface area contributed by atoms with E-state index in [1.807, 2.05) is 0 Å². The minimum Gasteiger partial charge on any atom is -0.494 e. The fraction of sp³-hybridized carbons (Fsp3) is 0.818. The number of rotatable bonds is 12. The molecule has 1 aromatic carbocycles. The fourth-order valence-electron chi connectivity index (χ4n) is 7.75. The van der Waals surface area contributed by atoms with Gasteiger partial charge < -0.3 is 4.74 Å². The van der Waals surface area contributed by atoms with Crippen molar-refractivity contribution in [3.63, 3.8) is 0 Å². The highest BCUT2D eigenvalue weighted by Crippen LogP contribution is 2.49. The smallest absolute Gasteiger partial charge is 0.119 e. The molecule has 4 unspecified atom stereocenters. The first-order chi connectivity index (χ1) is 16.7. The molecule has 0 radical (unpaired) electrons. The molecule has 0 saturated heterocycles. The number of ether oxygens (including phenoxy) is 1. The summed E-state index contributed by atoms with van der Waals surface area (Å²) in [6.07, 6.45) is 26.5. The van der Waals surface area contributed by atoms with E-state index in [9.17, 15) is 0 Å². The maximum absolute atomic E-state index is 5.79. The van der Waals surface area contributed by atoms with Crippen LogP contribution >= 0.6 is 0 Å². The number of benzene rings is 1. The predicted octanol–water partition coefficient (Wildman–Crippen LogP) is 10.3. The molecule has 34 heavy (non-hydrogen) atoms. The summed E-state index contributed by atoms with van der Waals surface area (Å²) in [5.74, 6) is 7.02. The van der Waals surface area contributed by atoms with Crippen LogP contribution in [0.15, 0.2) is 24.3 Å². The Morgan fingerprint density at radius 3 is 2.00 bits per heavy atom. The third kappa shape index (κ3) is 7.76. The van der Waals surface area contributed by atoms with Crippen molar-refractivity contribution >= 4 is 0 Å². The van der Waals surface area contributed by atoms with E-state index in [1.54, 1.807) is 44.1 Å². The highest BCUT2D eigenvalue weighted by Gasteiger charge is 2.36. The first-order valence-corrected chi connectivity index (χ1v) is 15.5. The van der Waals surface area contributed by atoms with Gasteiger partial charge >= 0.3 is 0 Å². The van der Waals surface area contributed by atoms with Gasteiger partial charge in [0.25, 0.3) is 0 Å². The van der Waals surface area contributed by atoms with Crippen LogP contribution < -0.4 is 4.74 Å². The van der Waals surface area contributed by atoms with Gasteiger partial charge in [0.05, 0.1) is 6.61 Å². The van der Waals surface area contributed by atoms with Crippen molar-refractivity contribution in [1.82, 2.24) is 0 Å². The zero-order valence-corrected chi connectivity index (χ0v) is 22.6. The number of fused-ring (bicyclic) bond motifs is 1. The summed E-state index contributed by atoms with van der Waals surface area (Å²) in [4.78, 5) is 0. The lowest BCUT2D eigenvalue weighted by Crippen LogP contribution is -2.30. The SMILES string of the molecule is CCCCCCC1CCC(CCC2CCC3CC(c4ccc(OCCC)cc4)CCC3C2)CC1. The van der Waals surface area contributed by atoms with Gasteiger partial charge in [-0.3, -0.25) is 0 Å². The zero-order chi connectivity index (χ0) is 23.6.